The highest BCUT2D eigenvalue weighted by atomic mass is 79.9. The second-order valence-electron chi connectivity index (χ2n) is 6.71. The average Bonchev–Trinajstić information content (AvgIpc) is 3.39. The minimum Gasteiger partial charge on any atom is -0.272 e. The molecule has 2 aromatic carbocycles. The van der Waals surface area contributed by atoms with Gasteiger partial charge in [-0.15, -0.1) is 21.5 Å². The molecule has 2 heterocycles. The molecule has 0 atom stereocenters. The molecule has 0 aliphatic heterocycles. The van der Waals surface area contributed by atoms with Crippen LogP contribution in [0.4, 0.5) is 0 Å². The van der Waals surface area contributed by atoms with Crippen LogP contribution in [0.5, 0.6) is 0 Å². The van der Waals surface area contributed by atoms with Crippen molar-refractivity contribution in [3.05, 3.63) is 79.9 Å². The Bertz CT molecular complexity index is 1250. The maximum atomic E-state index is 12.3. The van der Waals surface area contributed by atoms with E-state index in [1.165, 1.54) is 23.1 Å². The van der Waals surface area contributed by atoms with Gasteiger partial charge in [0, 0.05) is 21.2 Å². The molecule has 32 heavy (non-hydrogen) atoms. The number of aromatic nitrogens is 3. The molecule has 162 valence electrons. The van der Waals surface area contributed by atoms with Crippen molar-refractivity contribution in [1.29, 1.82) is 0 Å². The summed E-state index contributed by atoms with van der Waals surface area (Å²) < 4.78 is 2.94. The third kappa shape index (κ3) is 5.66. The number of amides is 1. The van der Waals surface area contributed by atoms with Gasteiger partial charge in [-0.3, -0.25) is 9.36 Å². The first kappa shape index (κ1) is 22.7. The number of hydrogen-bond acceptors (Lipinski definition) is 6. The molecular weight excluding hydrogens is 530 g/mol. The predicted octanol–water partition coefficient (Wildman–Crippen LogP) is 5.96. The summed E-state index contributed by atoms with van der Waals surface area (Å²) in [6, 6.07) is 19.3. The fourth-order valence-electron chi connectivity index (χ4n) is 2.80. The van der Waals surface area contributed by atoms with E-state index in [2.05, 4.69) is 36.7 Å². The number of nitrogens with zero attached hydrogens (tertiary/aromatic N) is 4. The largest absolute Gasteiger partial charge is 0.272 e. The van der Waals surface area contributed by atoms with Gasteiger partial charge in [-0.05, 0) is 71.4 Å². The number of halogens is 2. The normalized spacial score (nSPS) is 11.2. The topological polar surface area (TPSA) is 72.2 Å². The SMILES string of the molecule is Cc1ccc(-n2c(SCC(=O)N/N=C/c3ccc(Br)s3)nnc2-c2ccc(Cl)cc2)cc1. The van der Waals surface area contributed by atoms with Gasteiger partial charge in [-0.25, -0.2) is 5.43 Å². The highest BCUT2D eigenvalue weighted by molar-refractivity contribution is 9.11. The van der Waals surface area contributed by atoms with Gasteiger partial charge in [-0.2, -0.15) is 5.10 Å². The molecule has 2 aromatic heterocycles. The molecule has 1 amide bonds. The molecule has 4 rings (SSSR count). The van der Waals surface area contributed by atoms with E-state index in [-0.39, 0.29) is 11.7 Å². The first-order valence-electron chi connectivity index (χ1n) is 9.48. The van der Waals surface area contributed by atoms with Crippen molar-refractivity contribution in [3.8, 4) is 17.1 Å². The number of hydrogen-bond donors (Lipinski definition) is 1. The Morgan fingerprint density at radius 2 is 1.91 bits per heavy atom. The second kappa shape index (κ2) is 10.4. The number of aryl methyl sites for hydroxylation is 1. The van der Waals surface area contributed by atoms with E-state index in [0.29, 0.717) is 16.0 Å². The number of benzene rings is 2. The lowest BCUT2D eigenvalue weighted by molar-refractivity contribution is -0.118. The smallest absolute Gasteiger partial charge is 0.250 e. The van der Waals surface area contributed by atoms with Crippen LogP contribution in [-0.4, -0.2) is 32.6 Å². The van der Waals surface area contributed by atoms with Crippen LogP contribution in [0.25, 0.3) is 17.1 Å². The van der Waals surface area contributed by atoms with Crippen LogP contribution in [0.2, 0.25) is 5.02 Å². The van der Waals surface area contributed by atoms with Crippen molar-refractivity contribution in [1.82, 2.24) is 20.2 Å². The third-order valence-electron chi connectivity index (χ3n) is 4.34. The Labute approximate surface area is 206 Å². The molecule has 0 aliphatic rings. The van der Waals surface area contributed by atoms with Crippen molar-refractivity contribution in [2.45, 2.75) is 12.1 Å². The maximum absolute atomic E-state index is 12.3. The molecule has 6 nitrogen and oxygen atoms in total. The Morgan fingerprint density at radius 3 is 2.59 bits per heavy atom. The molecular formula is C22H17BrClN5OS2. The van der Waals surface area contributed by atoms with Crippen molar-refractivity contribution in [2.24, 2.45) is 5.10 Å². The molecule has 0 unspecified atom stereocenters. The van der Waals surface area contributed by atoms with Crippen LogP contribution in [0, 0.1) is 6.92 Å². The van der Waals surface area contributed by atoms with Crippen molar-refractivity contribution in [2.75, 3.05) is 5.75 Å². The summed E-state index contributed by atoms with van der Waals surface area (Å²) in [6.45, 7) is 2.03. The summed E-state index contributed by atoms with van der Waals surface area (Å²) in [7, 11) is 0. The van der Waals surface area contributed by atoms with Gasteiger partial charge in [0.15, 0.2) is 11.0 Å². The Morgan fingerprint density at radius 1 is 1.16 bits per heavy atom. The van der Waals surface area contributed by atoms with Crippen LogP contribution >= 0.6 is 50.6 Å². The van der Waals surface area contributed by atoms with E-state index >= 15 is 0 Å². The molecule has 0 saturated heterocycles. The molecule has 0 saturated carbocycles. The summed E-state index contributed by atoms with van der Waals surface area (Å²) in [5, 5.41) is 14.0. The number of thioether (sulfide) groups is 1. The minimum atomic E-state index is -0.228. The highest BCUT2D eigenvalue weighted by Gasteiger charge is 2.17. The molecule has 10 heteroatoms. The van der Waals surface area contributed by atoms with Crippen LogP contribution < -0.4 is 5.43 Å². The Hall–Kier alpha value is -2.46. The van der Waals surface area contributed by atoms with Gasteiger partial charge in [0.1, 0.15) is 0 Å². The standard InChI is InChI=1S/C22H17BrClN5OS2/c1-14-2-8-17(9-3-14)29-21(15-4-6-16(24)7-5-15)27-28-22(29)31-13-20(30)26-25-12-18-10-11-19(23)32-18/h2-12H,13H2,1H3,(H,26,30)/b25-12+. The van der Waals surface area contributed by atoms with Gasteiger partial charge in [0.25, 0.3) is 5.91 Å². The van der Waals surface area contributed by atoms with E-state index in [1.807, 2.05) is 72.2 Å². The van der Waals surface area contributed by atoms with Gasteiger partial charge < -0.3 is 0 Å². The minimum absolute atomic E-state index is 0.149. The predicted molar refractivity (Wildman–Crippen MR) is 135 cm³/mol. The zero-order valence-electron chi connectivity index (χ0n) is 16.8. The molecule has 0 radical (unpaired) electrons. The molecule has 0 fully saturated rings. The lowest BCUT2D eigenvalue weighted by Gasteiger charge is -2.10. The first-order chi connectivity index (χ1) is 15.5. The third-order valence-corrected chi connectivity index (χ3v) is 7.07. The summed E-state index contributed by atoms with van der Waals surface area (Å²) in [5.74, 6) is 0.596. The fraction of sp³-hybridized carbons (Fsp3) is 0.0909. The average molecular weight is 547 g/mol. The zero-order valence-corrected chi connectivity index (χ0v) is 20.8. The monoisotopic (exact) mass is 545 g/mol. The van der Waals surface area contributed by atoms with Crippen molar-refractivity contribution in [3.63, 3.8) is 0 Å². The van der Waals surface area contributed by atoms with Crippen LogP contribution in [0.1, 0.15) is 10.4 Å². The number of rotatable bonds is 7. The van der Waals surface area contributed by atoms with E-state index in [0.717, 1.165) is 25.5 Å². The summed E-state index contributed by atoms with van der Waals surface area (Å²) in [6.07, 6.45) is 1.62. The van der Waals surface area contributed by atoms with E-state index in [9.17, 15) is 4.79 Å². The Kier molecular flexibility index (Phi) is 7.41. The van der Waals surface area contributed by atoms with Gasteiger partial charge in [0.05, 0.1) is 15.8 Å². The van der Waals surface area contributed by atoms with Crippen molar-refractivity contribution >= 4 is 62.8 Å². The van der Waals surface area contributed by atoms with Gasteiger partial charge in [-0.1, -0.05) is 41.1 Å². The summed E-state index contributed by atoms with van der Waals surface area (Å²) in [5.41, 5.74) is 5.49. The lowest BCUT2D eigenvalue weighted by Crippen LogP contribution is -2.19. The second-order valence-corrected chi connectivity index (χ2v) is 10.6. The van der Waals surface area contributed by atoms with E-state index in [4.69, 9.17) is 11.6 Å². The quantitative estimate of drug-likeness (QED) is 0.176. The van der Waals surface area contributed by atoms with E-state index in [1.54, 1.807) is 6.21 Å². The maximum Gasteiger partial charge on any atom is 0.250 e. The number of nitrogens with one attached hydrogen (secondary N) is 1. The van der Waals surface area contributed by atoms with E-state index < -0.39 is 0 Å². The molecule has 4 aromatic rings. The lowest BCUT2D eigenvalue weighted by atomic mass is 10.2. The van der Waals surface area contributed by atoms with Gasteiger partial charge >= 0.3 is 0 Å². The molecule has 0 bridgehead atoms. The van der Waals surface area contributed by atoms with Crippen molar-refractivity contribution < 1.29 is 4.79 Å². The number of hydrazone groups is 1. The molecule has 0 spiro atoms. The fourth-order valence-corrected chi connectivity index (χ4v) is 4.97. The Balaban J connectivity index is 1.52. The summed E-state index contributed by atoms with van der Waals surface area (Å²) >= 11 is 12.3. The zero-order chi connectivity index (χ0) is 22.5. The molecule has 1 N–H and O–H groups in total. The number of carbonyl (C=O) groups excluding carboxylic acids is 1. The van der Waals surface area contributed by atoms with Crippen LogP contribution in [0.15, 0.2) is 74.7 Å². The molecule has 0 aliphatic carbocycles. The van der Waals surface area contributed by atoms with Gasteiger partial charge in [0.2, 0.25) is 0 Å². The van der Waals surface area contributed by atoms with Crippen LogP contribution in [-0.2, 0) is 4.79 Å². The first-order valence-corrected chi connectivity index (χ1v) is 12.5. The summed E-state index contributed by atoms with van der Waals surface area (Å²) in [4.78, 5) is 13.2. The highest BCUT2D eigenvalue weighted by Crippen LogP contribution is 2.29. The van der Waals surface area contributed by atoms with Crippen LogP contribution in [0.3, 0.4) is 0 Å². The number of carbonyl (C=O) groups is 1. The number of thiophene rings is 1.